The molecule has 7 heteroatoms. The number of fused-ring (bicyclic) bond motifs is 1. The SMILES string of the molecule is CCCC(=N)c1c(C)ccc(-n2c(C(CCC)Cc3cc(F)cc(F)c3)nc3cc(Br)ccc3c2=O)c1C. The Morgan fingerprint density at radius 2 is 1.74 bits per heavy atom. The summed E-state index contributed by atoms with van der Waals surface area (Å²) in [6.45, 7) is 8.01. The van der Waals surface area contributed by atoms with Crippen molar-refractivity contribution in [2.45, 2.75) is 65.7 Å². The topological polar surface area (TPSA) is 58.7 Å². The third kappa shape index (κ3) is 5.63. The van der Waals surface area contributed by atoms with E-state index in [4.69, 9.17) is 10.4 Å². The number of benzene rings is 3. The summed E-state index contributed by atoms with van der Waals surface area (Å²) < 4.78 is 30.6. The molecular formula is C31H32BrF2N3O. The van der Waals surface area contributed by atoms with Gasteiger partial charge in [0.1, 0.15) is 17.5 Å². The second kappa shape index (κ2) is 11.7. The van der Waals surface area contributed by atoms with Crippen LogP contribution in [-0.4, -0.2) is 15.3 Å². The molecule has 1 unspecified atom stereocenters. The minimum Gasteiger partial charge on any atom is -0.305 e. The van der Waals surface area contributed by atoms with Gasteiger partial charge in [0.15, 0.2) is 0 Å². The molecule has 0 saturated carbocycles. The van der Waals surface area contributed by atoms with E-state index in [0.717, 1.165) is 40.1 Å². The normalized spacial score (nSPS) is 12.2. The molecule has 0 aliphatic carbocycles. The summed E-state index contributed by atoms with van der Waals surface area (Å²) in [5, 5.41) is 9.17. The summed E-state index contributed by atoms with van der Waals surface area (Å²) in [7, 11) is 0. The first-order valence-corrected chi connectivity index (χ1v) is 13.8. The monoisotopic (exact) mass is 579 g/mol. The lowest BCUT2D eigenvalue weighted by Crippen LogP contribution is -2.27. The fourth-order valence-corrected chi connectivity index (χ4v) is 5.63. The number of rotatable bonds is 9. The summed E-state index contributed by atoms with van der Waals surface area (Å²) in [4.78, 5) is 19.1. The second-order valence-electron chi connectivity index (χ2n) is 9.87. The van der Waals surface area contributed by atoms with E-state index in [2.05, 4.69) is 15.9 Å². The van der Waals surface area contributed by atoms with Gasteiger partial charge in [0, 0.05) is 27.7 Å². The number of hydrogen-bond acceptors (Lipinski definition) is 3. The fraction of sp³-hybridized carbons (Fsp3) is 0.323. The Morgan fingerprint density at radius 1 is 1.03 bits per heavy atom. The molecule has 0 amide bonds. The molecule has 198 valence electrons. The largest absolute Gasteiger partial charge is 0.305 e. The van der Waals surface area contributed by atoms with Crippen molar-refractivity contribution >= 4 is 32.5 Å². The van der Waals surface area contributed by atoms with Crippen LogP contribution in [0.3, 0.4) is 0 Å². The number of nitrogens with one attached hydrogen (secondary N) is 1. The van der Waals surface area contributed by atoms with Crippen molar-refractivity contribution in [1.82, 2.24) is 9.55 Å². The van der Waals surface area contributed by atoms with Gasteiger partial charge in [-0.25, -0.2) is 13.8 Å². The molecule has 1 aromatic heterocycles. The molecule has 0 radical (unpaired) electrons. The Hall–Kier alpha value is -3.19. The van der Waals surface area contributed by atoms with Crippen LogP contribution in [0.5, 0.6) is 0 Å². The first kappa shape index (κ1) is 27.8. The zero-order chi connectivity index (χ0) is 27.6. The first-order chi connectivity index (χ1) is 18.1. The van der Waals surface area contributed by atoms with Gasteiger partial charge in [-0.2, -0.15) is 0 Å². The van der Waals surface area contributed by atoms with Gasteiger partial charge < -0.3 is 5.41 Å². The maximum atomic E-state index is 14.1. The molecule has 0 aliphatic heterocycles. The molecule has 0 saturated heterocycles. The highest BCUT2D eigenvalue weighted by Gasteiger charge is 2.24. The Morgan fingerprint density at radius 3 is 2.39 bits per heavy atom. The van der Waals surface area contributed by atoms with E-state index in [-0.39, 0.29) is 11.5 Å². The van der Waals surface area contributed by atoms with Crippen molar-refractivity contribution < 1.29 is 8.78 Å². The number of halogens is 3. The maximum Gasteiger partial charge on any atom is 0.265 e. The predicted octanol–water partition coefficient (Wildman–Crippen LogP) is 8.34. The van der Waals surface area contributed by atoms with Crippen molar-refractivity contribution in [2.24, 2.45) is 0 Å². The third-order valence-corrected chi connectivity index (χ3v) is 7.44. The van der Waals surface area contributed by atoms with Crippen LogP contribution >= 0.6 is 15.9 Å². The van der Waals surface area contributed by atoms with E-state index in [1.165, 1.54) is 12.1 Å². The highest BCUT2D eigenvalue weighted by Crippen LogP contribution is 2.31. The molecule has 0 fully saturated rings. The molecule has 3 aromatic carbocycles. The van der Waals surface area contributed by atoms with Crippen molar-refractivity contribution in [2.75, 3.05) is 0 Å². The average molecular weight is 581 g/mol. The van der Waals surface area contributed by atoms with Crippen molar-refractivity contribution in [3.8, 4) is 5.69 Å². The van der Waals surface area contributed by atoms with Crippen LogP contribution in [0.1, 0.15) is 73.5 Å². The van der Waals surface area contributed by atoms with Crippen molar-refractivity contribution in [1.29, 1.82) is 5.41 Å². The van der Waals surface area contributed by atoms with Gasteiger partial charge in [-0.15, -0.1) is 0 Å². The summed E-state index contributed by atoms with van der Waals surface area (Å²) in [5.41, 5.74) is 4.76. The summed E-state index contributed by atoms with van der Waals surface area (Å²) >= 11 is 3.49. The number of aromatic nitrogens is 2. The molecule has 4 rings (SSSR count). The van der Waals surface area contributed by atoms with Gasteiger partial charge in [-0.1, -0.05) is 48.7 Å². The molecule has 0 bridgehead atoms. The Kier molecular flexibility index (Phi) is 8.56. The highest BCUT2D eigenvalue weighted by atomic mass is 79.9. The maximum absolute atomic E-state index is 14.1. The van der Waals surface area contributed by atoms with Crippen molar-refractivity contribution in [3.05, 3.63) is 103 Å². The van der Waals surface area contributed by atoms with E-state index < -0.39 is 11.6 Å². The smallest absolute Gasteiger partial charge is 0.265 e. The van der Waals surface area contributed by atoms with E-state index >= 15 is 0 Å². The minimum atomic E-state index is -0.628. The van der Waals surface area contributed by atoms with Gasteiger partial charge in [-0.05, 0) is 86.2 Å². The van der Waals surface area contributed by atoms with Gasteiger partial charge in [-0.3, -0.25) is 9.36 Å². The zero-order valence-electron chi connectivity index (χ0n) is 22.2. The molecule has 0 spiro atoms. The summed E-state index contributed by atoms with van der Waals surface area (Å²) in [6.07, 6.45) is 3.29. The lowest BCUT2D eigenvalue weighted by molar-refractivity contribution is 0.547. The van der Waals surface area contributed by atoms with Crippen molar-refractivity contribution in [3.63, 3.8) is 0 Å². The van der Waals surface area contributed by atoms with Gasteiger partial charge in [0.05, 0.1) is 16.6 Å². The fourth-order valence-electron chi connectivity index (χ4n) is 5.28. The molecular weight excluding hydrogens is 548 g/mol. The van der Waals surface area contributed by atoms with E-state index in [1.807, 2.05) is 52.0 Å². The van der Waals surface area contributed by atoms with E-state index in [1.54, 1.807) is 10.6 Å². The van der Waals surface area contributed by atoms with Crippen LogP contribution in [0, 0.1) is 30.9 Å². The number of aryl methyl sites for hydroxylation is 1. The minimum absolute atomic E-state index is 0.205. The first-order valence-electron chi connectivity index (χ1n) is 13.0. The standard InChI is InChI=1S/C31H32BrF2N3O/c1-5-7-21(13-20-14-23(33)17-24(34)15-20)30-36-27-16-22(32)10-11-25(27)31(38)37(30)28-12-9-18(3)29(19(28)4)26(35)8-6-2/h9-12,14-17,21,35H,5-8,13H2,1-4H3. The van der Waals surface area contributed by atoms with Crippen LogP contribution in [-0.2, 0) is 6.42 Å². The predicted molar refractivity (Wildman–Crippen MR) is 154 cm³/mol. The number of nitrogens with zero attached hydrogens (tertiary/aromatic N) is 2. The molecule has 1 N–H and O–H groups in total. The van der Waals surface area contributed by atoms with E-state index in [0.29, 0.717) is 53.0 Å². The lowest BCUT2D eigenvalue weighted by atomic mass is 9.92. The molecule has 1 atom stereocenters. The zero-order valence-corrected chi connectivity index (χ0v) is 23.8. The average Bonchev–Trinajstić information content (AvgIpc) is 2.84. The molecule has 4 nitrogen and oxygen atoms in total. The Balaban J connectivity index is 2.02. The molecule has 4 aromatic rings. The Bertz CT molecular complexity index is 1560. The molecule has 1 heterocycles. The van der Waals surface area contributed by atoms with Gasteiger partial charge in [0.2, 0.25) is 0 Å². The van der Waals surface area contributed by atoms with Gasteiger partial charge >= 0.3 is 0 Å². The van der Waals surface area contributed by atoms with Crippen LogP contribution in [0.25, 0.3) is 16.6 Å². The quantitative estimate of drug-likeness (QED) is 0.202. The second-order valence-corrected chi connectivity index (χ2v) is 10.8. The Labute approximate surface area is 230 Å². The molecule has 0 aliphatic rings. The highest BCUT2D eigenvalue weighted by molar-refractivity contribution is 9.10. The van der Waals surface area contributed by atoms with Crippen LogP contribution in [0.2, 0.25) is 0 Å². The van der Waals surface area contributed by atoms with Crippen LogP contribution in [0.4, 0.5) is 8.78 Å². The summed E-state index contributed by atoms with van der Waals surface area (Å²) in [6, 6.07) is 12.8. The third-order valence-electron chi connectivity index (χ3n) is 6.95. The van der Waals surface area contributed by atoms with Crippen LogP contribution < -0.4 is 5.56 Å². The van der Waals surface area contributed by atoms with E-state index in [9.17, 15) is 13.6 Å². The number of hydrogen-bond donors (Lipinski definition) is 1. The lowest BCUT2D eigenvalue weighted by Gasteiger charge is -2.24. The summed E-state index contributed by atoms with van der Waals surface area (Å²) in [5.74, 6) is -0.975. The molecule has 38 heavy (non-hydrogen) atoms. The van der Waals surface area contributed by atoms with Crippen LogP contribution in [0.15, 0.2) is 57.8 Å². The van der Waals surface area contributed by atoms with Gasteiger partial charge in [0.25, 0.3) is 5.56 Å².